The van der Waals surface area contributed by atoms with E-state index in [2.05, 4.69) is 17.6 Å². The van der Waals surface area contributed by atoms with Gasteiger partial charge in [0, 0.05) is 20.2 Å². The summed E-state index contributed by atoms with van der Waals surface area (Å²) in [7, 11) is 1.70. The molecule has 1 heterocycles. The molecule has 2 N–H and O–H groups in total. The molecule has 4 unspecified atom stereocenters. The van der Waals surface area contributed by atoms with Crippen LogP contribution in [-0.4, -0.2) is 38.3 Å². The summed E-state index contributed by atoms with van der Waals surface area (Å²) < 4.78 is 5.26. The summed E-state index contributed by atoms with van der Waals surface area (Å²) in [6.07, 6.45) is 6.18. The summed E-state index contributed by atoms with van der Waals surface area (Å²) in [6, 6.07) is -0.0593. The van der Waals surface area contributed by atoms with Crippen LogP contribution in [0.25, 0.3) is 0 Å². The number of nitrogens with one attached hydrogen (secondary N) is 2. The van der Waals surface area contributed by atoms with Gasteiger partial charge in [0.25, 0.3) is 0 Å². The van der Waals surface area contributed by atoms with Gasteiger partial charge in [0.1, 0.15) is 0 Å². The van der Waals surface area contributed by atoms with E-state index in [-0.39, 0.29) is 18.1 Å². The Morgan fingerprint density at radius 3 is 2.89 bits per heavy atom. The third-order valence-electron chi connectivity index (χ3n) is 4.35. The van der Waals surface area contributed by atoms with Gasteiger partial charge in [-0.3, -0.25) is 4.79 Å². The molecule has 18 heavy (non-hydrogen) atoms. The van der Waals surface area contributed by atoms with Gasteiger partial charge in [-0.1, -0.05) is 19.8 Å². The van der Waals surface area contributed by atoms with Crippen LogP contribution in [0.4, 0.5) is 0 Å². The number of carbonyl (C=O) groups excluding carboxylic acids is 1. The lowest BCUT2D eigenvalue weighted by Gasteiger charge is -2.27. The topological polar surface area (TPSA) is 50.4 Å². The first-order valence-electron chi connectivity index (χ1n) is 7.23. The third kappa shape index (κ3) is 3.69. The first-order valence-corrected chi connectivity index (χ1v) is 7.23. The van der Waals surface area contributed by atoms with Gasteiger partial charge in [0.05, 0.1) is 12.1 Å². The minimum Gasteiger partial charge on any atom is -0.380 e. The van der Waals surface area contributed by atoms with Crippen LogP contribution in [0.5, 0.6) is 0 Å². The number of amides is 1. The van der Waals surface area contributed by atoms with Crippen molar-refractivity contribution in [2.24, 2.45) is 11.8 Å². The first-order chi connectivity index (χ1) is 8.69. The minimum absolute atomic E-state index is 0.0593. The quantitative estimate of drug-likeness (QED) is 0.795. The maximum Gasteiger partial charge on any atom is 0.237 e. The molecule has 104 valence electrons. The monoisotopic (exact) mass is 254 g/mol. The standard InChI is InChI=1S/C14H26N2O2/c1-10-4-3-5-11(6-10)8-16-14(17)13-7-12(18-2)9-15-13/h10-13,15H,3-9H2,1-2H3,(H,16,17). The van der Waals surface area contributed by atoms with Gasteiger partial charge in [-0.25, -0.2) is 0 Å². The summed E-state index contributed by atoms with van der Waals surface area (Å²) >= 11 is 0. The smallest absolute Gasteiger partial charge is 0.237 e. The SMILES string of the molecule is COC1CNC(C(=O)NCC2CCCC(C)C2)C1. The maximum atomic E-state index is 12.0. The molecule has 2 fully saturated rings. The maximum absolute atomic E-state index is 12.0. The van der Waals surface area contributed by atoms with Crippen LogP contribution < -0.4 is 10.6 Å². The number of hydrogen-bond acceptors (Lipinski definition) is 3. The van der Waals surface area contributed by atoms with Crippen molar-refractivity contribution >= 4 is 5.91 Å². The molecule has 1 saturated heterocycles. The Labute approximate surface area is 110 Å². The Bertz CT molecular complexity index is 283. The van der Waals surface area contributed by atoms with Gasteiger partial charge < -0.3 is 15.4 Å². The molecule has 2 rings (SSSR count). The van der Waals surface area contributed by atoms with E-state index < -0.39 is 0 Å². The van der Waals surface area contributed by atoms with Gasteiger partial charge in [-0.2, -0.15) is 0 Å². The molecule has 4 atom stereocenters. The van der Waals surface area contributed by atoms with Crippen molar-refractivity contribution in [2.75, 3.05) is 20.2 Å². The summed E-state index contributed by atoms with van der Waals surface area (Å²) in [4.78, 5) is 12.0. The normalized spacial score (nSPS) is 36.6. The Hall–Kier alpha value is -0.610. The van der Waals surface area contributed by atoms with E-state index in [1.54, 1.807) is 7.11 Å². The van der Waals surface area contributed by atoms with E-state index in [1.807, 2.05) is 0 Å². The van der Waals surface area contributed by atoms with Crippen LogP contribution in [0.15, 0.2) is 0 Å². The number of rotatable bonds is 4. The fourth-order valence-corrected chi connectivity index (χ4v) is 3.20. The van der Waals surface area contributed by atoms with Crippen LogP contribution in [0.1, 0.15) is 39.0 Å². The largest absolute Gasteiger partial charge is 0.380 e. The van der Waals surface area contributed by atoms with E-state index in [0.29, 0.717) is 5.92 Å². The molecule has 1 aliphatic carbocycles. The zero-order valence-corrected chi connectivity index (χ0v) is 11.6. The van der Waals surface area contributed by atoms with Crippen LogP contribution >= 0.6 is 0 Å². The Balaban J connectivity index is 1.68. The summed E-state index contributed by atoms with van der Waals surface area (Å²) in [5, 5.41) is 6.32. The molecule has 0 spiro atoms. The van der Waals surface area contributed by atoms with E-state index in [1.165, 1.54) is 25.7 Å². The van der Waals surface area contributed by atoms with Crippen molar-refractivity contribution < 1.29 is 9.53 Å². The zero-order chi connectivity index (χ0) is 13.0. The van der Waals surface area contributed by atoms with Crippen LogP contribution in [0, 0.1) is 11.8 Å². The molecule has 1 saturated carbocycles. The van der Waals surface area contributed by atoms with Crippen LogP contribution in [0.2, 0.25) is 0 Å². The number of hydrogen-bond donors (Lipinski definition) is 2. The van der Waals surface area contributed by atoms with E-state index in [4.69, 9.17) is 4.74 Å². The summed E-state index contributed by atoms with van der Waals surface area (Å²) in [5.41, 5.74) is 0. The first kappa shape index (κ1) is 13.8. The zero-order valence-electron chi connectivity index (χ0n) is 11.6. The average Bonchev–Trinajstić information content (AvgIpc) is 2.85. The second-order valence-electron chi connectivity index (χ2n) is 5.94. The highest BCUT2D eigenvalue weighted by Crippen LogP contribution is 2.27. The average molecular weight is 254 g/mol. The van der Waals surface area contributed by atoms with E-state index >= 15 is 0 Å². The molecule has 0 aromatic carbocycles. The van der Waals surface area contributed by atoms with E-state index in [0.717, 1.165) is 25.4 Å². The van der Waals surface area contributed by atoms with Gasteiger partial charge in [-0.05, 0) is 31.1 Å². The Morgan fingerprint density at radius 2 is 2.22 bits per heavy atom. The molecule has 0 bridgehead atoms. The molecule has 1 aliphatic heterocycles. The molecule has 2 aliphatic rings. The number of carbonyl (C=O) groups is 1. The van der Waals surface area contributed by atoms with Crippen LogP contribution in [0.3, 0.4) is 0 Å². The van der Waals surface area contributed by atoms with Crippen molar-refractivity contribution in [1.29, 1.82) is 0 Å². The molecule has 0 aromatic rings. The second kappa shape index (κ2) is 6.53. The Morgan fingerprint density at radius 1 is 1.39 bits per heavy atom. The highest BCUT2D eigenvalue weighted by Gasteiger charge is 2.29. The van der Waals surface area contributed by atoms with Gasteiger partial charge >= 0.3 is 0 Å². The van der Waals surface area contributed by atoms with Crippen molar-refractivity contribution in [3.05, 3.63) is 0 Å². The predicted octanol–water partition coefficient (Wildman–Crippen LogP) is 1.31. The van der Waals surface area contributed by atoms with Gasteiger partial charge in [-0.15, -0.1) is 0 Å². The lowest BCUT2D eigenvalue weighted by molar-refractivity contribution is -0.123. The lowest BCUT2D eigenvalue weighted by atomic mass is 9.82. The van der Waals surface area contributed by atoms with Gasteiger partial charge in [0.15, 0.2) is 0 Å². The molecular weight excluding hydrogens is 228 g/mol. The molecule has 4 heteroatoms. The predicted molar refractivity (Wildman–Crippen MR) is 71.3 cm³/mol. The van der Waals surface area contributed by atoms with Crippen LogP contribution in [-0.2, 0) is 9.53 Å². The second-order valence-corrected chi connectivity index (χ2v) is 5.94. The molecule has 4 nitrogen and oxygen atoms in total. The molecule has 1 amide bonds. The molecular formula is C14H26N2O2. The summed E-state index contributed by atoms with van der Waals surface area (Å²) in [6.45, 7) is 3.95. The Kier molecular flexibility index (Phi) is 5.01. The highest BCUT2D eigenvalue weighted by atomic mass is 16.5. The van der Waals surface area contributed by atoms with E-state index in [9.17, 15) is 4.79 Å². The third-order valence-corrected chi connectivity index (χ3v) is 4.35. The lowest BCUT2D eigenvalue weighted by Crippen LogP contribution is -2.42. The minimum atomic E-state index is -0.0593. The summed E-state index contributed by atoms with van der Waals surface area (Å²) in [5.74, 6) is 1.65. The van der Waals surface area contributed by atoms with Crippen molar-refractivity contribution in [2.45, 2.75) is 51.2 Å². The number of ether oxygens (including phenoxy) is 1. The molecule has 0 radical (unpaired) electrons. The fraction of sp³-hybridized carbons (Fsp3) is 0.929. The number of methoxy groups -OCH3 is 1. The van der Waals surface area contributed by atoms with Crippen molar-refractivity contribution in [1.82, 2.24) is 10.6 Å². The van der Waals surface area contributed by atoms with Crippen molar-refractivity contribution in [3.63, 3.8) is 0 Å². The fourth-order valence-electron chi connectivity index (χ4n) is 3.20. The highest BCUT2D eigenvalue weighted by molar-refractivity contribution is 5.82. The molecule has 0 aromatic heterocycles. The van der Waals surface area contributed by atoms with Gasteiger partial charge in [0.2, 0.25) is 5.91 Å². The van der Waals surface area contributed by atoms with Crippen molar-refractivity contribution in [3.8, 4) is 0 Å².